The summed E-state index contributed by atoms with van der Waals surface area (Å²) >= 11 is 6.60. The number of imide groups is 2. The second-order valence-electron chi connectivity index (χ2n) is 7.97. The third kappa shape index (κ3) is 5.84. The van der Waals surface area contributed by atoms with Crippen molar-refractivity contribution in [3.05, 3.63) is 94.9 Å². The van der Waals surface area contributed by atoms with Crippen molar-refractivity contribution in [2.24, 2.45) is 0 Å². The van der Waals surface area contributed by atoms with Crippen LogP contribution in [0.3, 0.4) is 0 Å². The molecule has 0 atom stereocenters. The zero-order valence-corrected chi connectivity index (χ0v) is 23.4. The topological polar surface area (TPSA) is 171 Å². The minimum atomic E-state index is -0.904. The Morgan fingerprint density at radius 1 is 0.950 bits per heavy atom. The van der Waals surface area contributed by atoms with Gasteiger partial charge in [-0.25, -0.2) is 9.69 Å². The highest BCUT2D eigenvalue weighted by molar-refractivity contribution is 9.10. The number of urea groups is 1. The first-order valence-corrected chi connectivity index (χ1v) is 12.8. The quantitative estimate of drug-likeness (QED) is 0.132. The number of non-ortho nitro benzene ring substituents is 1. The van der Waals surface area contributed by atoms with E-state index in [1.165, 1.54) is 30.3 Å². The van der Waals surface area contributed by atoms with Gasteiger partial charge < -0.3 is 9.47 Å². The first-order valence-electron chi connectivity index (χ1n) is 11.2. The van der Waals surface area contributed by atoms with Gasteiger partial charge in [-0.15, -0.1) is 0 Å². The van der Waals surface area contributed by atoms with Crippen molar-refractivity contribution in [2.45, 2.75) is 6.92 Å². The van der Waals surface area contributed by atoms with E-state index in [1.54, 1.807) is 19.1 Å². The zero-order chi connectivity index (χ0) is 29.1. The molecule has 40 heavy (non-hydrogen) atoms. The van der Waals surface area contributed by atoms with Gasteiger partial charge in [0.2, 0.25) is 5.75 Å². The van der Waals surface area contributed by atoms with E-state index < -0.39 is 39.1 Å². The molecule has 0 saturated carbocycles. The van der Waals surface area contributed by atoms with E-state index in [4.69, 9.17) is 9.47 Å². The lowest BCUT2D eigenvalue weighted by molar-refractivity contribution is -0.394. The molecule has 204 valence electrons. The Balaban J connectivity index is 1.74. The van der Waals surface area contributed by atoms with Crippen molar-refractivity contribution in [1.29, 1.82) is 0 Å². The number of halogens is 2. The van der Waals surface area contributed by atoms with Gasteiger partial charge in [-0.2, -0.15) is 0 Å². The molecule has 1 saturated heterocycles. The molecule has 3 aromatic rings. The van der Waals surface area contributed by atoms with Crippen LogP contribution < -0.4 is 19.7 Å². The normalized spacial score (nSPS) is 14.2. The standard InChI is InChI=1S/C25H16Br2N4O9/c1-2-39-21-11-13(9-17-23(32)28-25(34)29(24(17)33)15-5-3-14(26)4-6-15)10-18(27)22(21)40-20-8-7-16(30(35)36)12-19(20)31(37)38/h3-12H,2H2,1H3,(H,28,32,34)/b17-9+. The highest BCUT2D eigenvalue weighted by Gasteiger charge is 2.37. The fourth-order valence-electron chi connectivity index (χ4n) is 3.64. The van der Waals surface area contributed by atoms with Crippen molar-refractivity contribution < 1.29 is 33.7 Å². The SMILES string of the molecule is CCOc1cc(/C=C2\C(=O)NC(=O)N(c3ccc(Br)cc3)C2=O)cc(Br)c1Oc1ccc([N+](=O)[O-])cc1[N+](=O)[O-]. The molecule has 0 aromatic heterocycles. The van der Waals surface area contributed by atoms with Crippen LogP contribution in [0.15, 0.2) is 69.1 Å². The van der Waals surface area contributed by atoms with Gasteiger partial charge in [0.15, 0.2) is 11.5 Å². The average molecular weight is 676 g/mol. The number of hydrogen-bond acceptors (Lipinski definition) is 9. The van der Waals surface area contributed by atoms with Crippen molar-refractivity contribution in [1.82, 2.24) is 5.32 Å². The van der Waals surface area contributed by atoms with Gasteiger partial charge >= 0.3 is 11.7 Å². The number of carbonyl (C=O) groups is 3. The number of hydrogen-bond donors (Lipinski definition) is 1. The van der Waals surface area contributed by atoms with Crippen molar-refractivity contribution in [3.8, 4) is 17.2 Å². The summed E-state index contributed by atoms with van der Waals surface area (Å²) in [6.45, 7) is 1.83. The number of nitro groups is 2. The molecule has 13 nitrogen and oxygen atoms in total. The molecule has 3 aromatic carbocycles. The molecule has 0 bridgehead atoms. The summed E-state index contributed by atoms with van der Waals surface area (Å²) in [6, 6.07) is 11.2. The lowest BCUT2D eigenvalue weighted by Gasteiger charge is -2.26. The summed E-state index contributed by atoms with van der Waals surface area (Å²) < 4.78 is 12.3. The predicted octanol–water partition coefficient (Wildman–Crippen LogP) is 5.89. The van der Waals surface area contributed by atoms with Gasteiger partial charge in [0.1, 0.15) is 5.57 Å². The third-order valence-electron chi connectivity index (χ3n) is 5.39. The molecule has 4 amide bonds. The van der Waals surface area contributed by atoms with E-state index in [9.17, 15) is 34.6 Å². The Hall–Kier alpha value is -4.63. The largest absolute Gasteiger partial charge is 0.490 e. The lowest BCUT2D eigenvalue weighted by atomic mass is 10.1. The number of carbonyl (C=O) groups excluding carboxylic acids is 3. The second-order valence-corrected chi connectivity index (χ2v) is 9.74. The van der Waals surface area contributed by atoms with Gasteiger partial charge in [-0.1, -0.05) is 15.9 Å². The van der Waals surface area contributed by atoms with E-state index in [2.05, 4.69) is 37.2 Å². The number of benzene rings is 3. The minimum Gasteiger partial charge on any atom is -0.490 e. The van der Waals surface area contributed by atoms with E-state index in [0.717, 1.165) is 27.6 Å². The van der Waals surface area contributed by atoms with E-state index in [0.29, 0.717) is 5.56 Å². The number of ether oxygens (including phenoxy) is 2. The fraction of sp³-hybridized carbons (Fsp3) is 0.0800. The molecular formula is C25H16Br2N4O9. The predicted molar refractivity (Wildman–Crippen MR) is 148 cm³/mol. The minimum absolute atomic E-state index is 0.00652. The number of barbiturate groups is 1. The first kappa shape index (κ1) is 28.4. The molecule has 0 unspecified atom stereocenters. The Bertz CT molecular complexity index is 1610. The fourth-order valence-corrected chi connectivity index (χ4v) is 4.45. The van der Waals surface area contributed by atoms with Crippen LogP contribution >= 0.6 is 31.9 Å². The van der Waals surface area contributed by atoms with Crippen LogP contribution in [0.4, 0.5) is 21.9 Å². The monoisotopic (exact) mass is 674 g/mol. The summed E-state index contributed by atoms with van der Waals surface area (Å²) in [7, 11) is 0. The van der Waals surface area contributed by atoms with E-state index >= 15 is 0 Å². The summed E-state index contributed by atoms with van der Waals surface area (Å²) in [6.07, 6.45) is 1.25. The maximum absolute atomic E-state index is 13.2. The smallest absolute Gasteiger partial charge is 0.335 e. The van der Waals surface area contributed by atoms with E-state index in [1.807, 2.05) is 0 Å². The Labute approximate surface area is 241 Å². The third-order valence-corrected chi connectivity index (χ3v) is 6.51. The molecule has 0 radical (unpaired) electrons. The second kappa shape index (κ2) is 11.6. The molecular weight excluding hydrogens is 660 g/mol. The van der Waals surface area contributed by atoms with Crippen LogP contribution in [-0.2, 0) is 9.59 Å². The number of nitrogens with one attached hydrogen (secondary N) is 1. The molecule has 1 fully saturated rings. The van der Waals surface area contributed by atoms with Crippen LogP contribution in [0.1, 0.15) is 12.5 Å². The summed E-state index contributed by atoms with van der Waals surface area (Å²) in [5, 5.41) is 24.7. The van der Waals surface area contributed by atoms with Gasteiger partial charge in [-0.05, 0) is 77.0 Å². The Morgan fingerprint density at radius 2 is 1.65 bits per heavy atom. The molecule has 0 spiro atoms. The van der Waals surface area contributed by atoms with Crippen LogP contribution in [0.2, 0.25) is 0 Å². The molecule has 1 aliphatic heterocycles. The number of rotatable bonds is 8. The molecule has 0 aliphatic carbocycles. The molecule has 1 heterocycles. The van der Waals surface area contributed by atoms with Gasteiger partial charge in [0.05, 0.1) is 32.7 Å². The molecule has 15 heteroatoms. The summed E-state index contributed by atoms with van der Waals surface area (Å²) in [5.41, 5.74) is -0.928. The van der Waals surface area contributed by atoms with Crippen LogP contribution in [0.5, 0.6) is 17.2 Å². The number of nitrogens with zero attached hydrogens (tertiary/aromatic N) is 3. The summed E-state index contributed by atoms with van der Waals surface area (Å²) in [4.78, 5) is 60.1. The maximum atomic E-state index is 13.2. The average Bonchev–Trinajstić information content (AvgIpc) is 2.89. The molecule has 1 N–H and O–H groups in total. The molecule has 1 aliphatic rings. The van der Waals surface area contributed by atoms with Crippen LogP contribution in [0, 0.1) is 20.2 Å². The number of amides is 4. The maximum Gasteiger partial charge on any atom is 0.335 e. The van der Waals surface area contributed by atoms with E-state index in [-0.39, 0.29) is 39.6 Å². The van der Waals surface area contributed by atoms with Crippen LogP contribution in [-0.4, -0.2) is 34.3 Å². The highest BCUT2D eigenvalue weighted by Crippen LogP contribution is 2.43. The van der Waals surface area contributed by atoms with Crippen molar-refractivity contribution in [2.75, 3.05) is 11.5 Å². The molecule has 4 rings (SSSR count). The van der Waals surface area contributed by atoms with Crippen LogP contribution in [0.25, 0.3) is 6.08 Å². The first-order chi connectivity index (χ1) is 19.0. The Morgan fingerprint density at radius 3 is 2.27 bits per heavy atom. The van der Waals surface area contributed by atoms with Gasteiger partial charge in [0, 0.05) is 10.5 Å². The Kier molecular flexibility index (Phi) is 8.25. The number of anilines is 1. The zero-order valence-electron chi connectivity index (χ0n) is 20.3. The van der Waals surface area contributed by atoms with Crippen molar-refractivity contribution >= 4 is 72.8 Å². The highest BCUT2D eigenvalue weighted by atomic mass is 79.9. The number of nitro benzene ring substituents is 2. The summed E-state index contributed by atoms with van der Waals surface area (Å²) in [5.74, 6) is -1.95. The lowest BCUT2D eigenvalue weighted by Crippen LogP contribution is -2.54. The van der Waals surface area contributed by atoms with Crippen molar-refractivity contribution in [3.63, 3.8) is 0 Å². The van der Waals surface area contributed by atoms with Gasteiger partial charge in [-0.3, -0.25) is 35.1 Å². The van der Waals surface area contributed by atoms with Gasteiger partial charge in [0.25, 0.3) is 17.5 Å².